The molecule has 0 atom stereocenters. The number of hydrogen-bond donors (Lipinski definition) is 2. The molecule has 1 rings (SSSR count). The molecule has 17 heavy (non-hydrogen) atoms. The van der Waals surface area contributed by atoms with Gasteiger partial charge in [0.2, 0.25) is 0 Å². The van der Waals surface area contributed by atoms with E-state index in [1.54, 1.807) is 39.8 Å². The number of hydrogen-bond acceptors (Lipinski definition) is 3. The van der Waals surface area contributed by atoms with Gasteiger partial charge in [0.25, 0.3) is 0 Å². The zero-order chi connectivity index (χ0) is 13.3. The summed E-state index contributed by atoms with van der Waals surface area (Å²) in [6.45, 7) is 7.10. The standard InChI is InChI=1S/C10H16BrN3O2S/c1-7-8(11)5-6-9(12-7)13-17(15,16)14-10(2,3)4/h5-6,14H,1-4H3,(H,12,13). The Morgan fingerprint density at radius 1 is 1.29 bits per heavy atom. The number of halogens is 1. The van der Waals surface area contributed by atoms with Crippen LogP contribution < -0.4 is 9.44 Å². The first-order chi connectivity index (χ1) is 7.59. The van der Waals surface area contributed by atoms with Crippen molar-refractivity contribution in [3.8, 4) is 0 Å². The average Bonchev–Trinajstić information content (AvgIpc) is 2.06. The lowest BCUT2D eigenvalue weighted by Gasteiger charge is -2.20. The Morgan fingerprint density at radius 3 is 2.35 bits per heavy atom. The Bertz CT molecular complexity index is 509. The van der Waals surface area contributed by atoms with Gasteiger partial charge in [-0.05, 0) is 55.8 Å². The number of aryl methyl sites for hydroxylation is 1. The fraction of sp³-hybridized carbons (Fsp3) is 0.500. The van der Waals surface area contributed by atoms with Crippen LogP contribution in [0.15, 0.2) is 16.6 Å². The van der Waals surface area contributed by atoms with E-state index in [0.29, 0.717) is 5.82 Å². The third-order valence-corrected chi connectivity index (χ3v) is 3.90. The predicted molar refractivity (Wildman–Crippen MR) is 72.1 cm³/mol. The second-order valence-electron chi connectivity index (χ2n) is 4.72. The first-order valence-corrected chi connectivity index (χ1v) is 7.31. The molecule has 0 saturated carbocycles. The molecule has 0 aliphatic carbocycles. The van der Waals surface area contributed by atoms with E-state index in [4.69, 9.17) is 0 Å². The zero-order valence-corrected chi connectivity index (χ0v) is 12.6. The highest BCUT2D eigenvalue weighted by atomic mass is 79.9. The Balaban J connectivity index is 2.87. The maximum atomic E-state index is 11.7. The highest BCUT2D eigenvalue weighted by Crippen LogP contribution is 2.17. The van der Waals surface area contributed by atoms with Gasteiger partial charge in [0, 0.05) is 10.0 Å². The van der Waals surface area contributed by atoms with Gasteiger partial charge in [-0.15, -0.1) is 0 Å². The van der Waals surface area contributed by atoms with Crippen LogP contribution in [-0.4, -0.2) is 18.9 Å². The van der Waals surface area contributed by atoms with Crippen LogP contribution in [0.4, 0.5) is 5.82 Å². The summed E-state index contributed by atoms with van der Waals surface area (Å²) >= 11 is 3.30. The van der Waals surface area contributed by atoms with Crippen molar-refractivity contribution < 1.29 is 8.42 Å². The van der Waals surface area contributed by atoms with Crippen molar-refractivity contribution in [2.24, 2.45) is 0 Å². The summed E-state index contributed by atoms with van der Waals surface area (Å²) in [5, 5.41) is 0. The molecule has 96 valence electrons. The summed E-state index contributed by atoms with van der Waals surface area (Å²) in [4.78, 5) is 4.11. The quantitative estimate of drug-likeness (QED) is 0.896. The monoisotopic (exact) mass is 321 g/mol. The average molecular weight is 322 g/mol. The largest absolute Gasteiger partial charge is 0.300 e. The zero-order valence-electron chi connectivity index (χ0n) is 10.2. The van der Waals surface area contributed by atoms with E-state index in [-0.39, 0.29) is 0 Å². The van der Waals surface area contributed by atoms with E-state index in [9.17, 15) is 8.42 Å². The van der Waals surface area contributed by atoms with Crippen LogP contribution in [0.5, 0.6) is 0 Å². The Kier molecular flexibility index (Phi) is 4.16. The number of nitrogens with zero attached hydrogens (tertiary/aromatic N) is 1. The SMILES string of the molecule is Cc1nc(NS(=O)(=O)NC(C)(C)C)ccc1Br. The minimum atomic E-state index is -3.60. The van der Waals surface area contributed by atoms with Crippen LogP contribution in [0.25, 0.3) is 0 Å². The van der Waals surface area contributed by atoms with E-state index >= 15 is 0 Å². The molecule has 1 aromatic rings. The summed E-state index contributed by atoms with van der Waals surface area (Å²) < 4.78 is 29.2. The molecule has 0 radical (unpaired) electrons. The molecule has 0 aliphatic rings. The van der Waals surface area contributed by atoms with E-state index in [2.05, 4.69) is 30.4 Å². The lowest BCUT2D eigenvalue weighted by Crippen LogP contribution is -2.43. The topological polar surface area (TPSA) is 71.1 Å². The second-order valence-corrected chi connectivity index (χ2v) is 6.99. The molecule has 0 saturated heterocycles. The van der Waals surface area contributed by atoms with Crippen LogP contribution in [0.2, 0.25) is 0 Å². The molecular formula is C10H16BrN3O2S. The summed E-state index contributed by atoms with van der Waals surface area (Å²) in [6.07, 6.45) is 0. The highest BCUT2D eigenvalue weighted by molar-refractivity contribution is 9.10. The lowest BCUT2D eigenvalue weighted by atomic mass is 10.1. The van der Waals surface area contributed by atoms with Crippen molar-refractivity contribution >= 4 is 32.0 Å². The van der Waals surface area contributed by atoms with Crippen molar-refractivity contribution in [2.45, 2.75) is 33.2 Å². The van der Waals surface area contributed by atoms with Crippen molar-refractivity contribution in [1.29, 1.82) is 0 Å². The van der Waals surface area contributed by atoms with Gasteiger partial charge in [0.1, 0.15) is 5.82 Å². The van der Waals surface area contributed by atoms with E-state index in [1.807, 2.05) is 0 Å². The minimum Gasteiger partial charge on any atom is -0.255 e. The van der Waals surface area contributed by atoms with Gasteiger partial charge in [-0.1, -0.05) is 0 Å². The minimum absolute atomic E-state index is 0.294. The van der Waals surface area contributed by atoms with Gasteiger partial charge in [0.05, 0.1) is 5.69 Å². The Hall–Kier alpha value is -0.660. The number of aromatic nitrogens is 1. The van der Waals surface area contributed by atoms with Gasteiger partial charge in [-0.2, -0.15) is 13.1 Å². The van der Waals surface area contributed by atoms with E-state index in [0.717, 1.165) is 10.2 Å². The first kappa shape index (κ1) is 14.4. The molecule has 0 spiro atoms. The summed E-state index contributed by atoms with van der Waals surface area (Å²) in [7, 11) is -3.60. The van der Waals surface area contributed by atoms with Crippen molar-refractivity contribution in [2.75, 3.05) is 4.72 Å². The van der Waals surface area contributed by atoms with Crippen molar-refractivity contribution in [3.63, 3.8) is 0 Å². The Labute approximate surface area is 110 Å². The molecule has 0 fully saturated rings. The molecule has 1 heterocycles. The summed E-state index contributed by atoms with van der Waals surface area (Å²) in [5.41, 5.74) is 0.192. The molecule has 0 aromatic carbocycles. The fourth-order valence-corrected chi connectivity index (χ4v) is 2.63. The van der Waals surface area contributed by atoms with Crippen LogP contribution >= 0.6 is 15.9 Å². The van der Waals surface area contributed by atoms with Crippen LogP contribution in [0.1, 0.15) is 26.5 Å². The summed E-state index contributed by atoms with van der Waals surface area (Å²) in [6, 6.07) is 3.34. The van der Waals surface area contributed by atoms with E-state index < -0.39 is 15.7 Å². The lowest BCUT2D eigenvalue weighted by molar-refractivity contribution is 0.494. The van der Waals surface area contributed by atoms with Gasteiger partial charge < -0.3 is 0 Å². The van der Waals surface area contributed by atoms with Crippen LogP contribution in [-0.2, 0) is 10.2 Å². The fourth-order valence-electron chi connectivity index (χ4n) is 1.17. The second kappa shape index (κ2) is 4.91. The highest BCUT2D eigenvalue weighted by Gasteiger charge is 2.20. The van der Waals surface area contributed by atoms with Gasteiger partial charge in [-0.3, -0.25) is 4.72 Å². The third kappa shape index (κ3) is 5.01. The smallest absolute Gasteiger partial charge is 0.255 e. The van der Waals surface area contributed by atoms with Crippen LogP contribution in [0.3, 0.4) is 0 Å². The summed E-state index contributed by atoms with van der Waals surface area (Å²) in [5.74, 6) is 0.294. The maximum Gasteiger partial charge on any atom is 0.300 e. The molecule has 0 bridgehead atoms. The molecular weight excluding hydrogens is 306 g/mol. The molecule has 7 heteroatoms. The molecule has 0 amide bonds. The maximum absolute atomic E-state index is 11.7. The normalized spacial score (nSPS) is 12.5. The van der Waals surface area contributed by atoms with Crippen molar-refractivity contribution in [1.82, 2.24) is 9.71 Å². The molecule has 5 nitrogen and oxygen atoms in total. The number of pyridine rings is 1. The number of nitrogens with one attached hydrogen (secondary N) is 2. The molecule has 1 aromatic heterocycles. The third-order valence-electron chi connectivity index (χ3n) is 1.70. The molecule has 0 aliphatic heterocycles. The van der Waals surface area contributed by atoms with Crippen LogP contribution in [0, 0.1) is 6.92 Å². The van der Waals surface area contributed by atoms with Gasteiger partial charge in [-0.25, -0.2) is 4.98 Å². The van der Waals surface area contributed by atoms with Gasteiger partial charge in [0.15, 0.2) is 0 Å². The molecule has 2 N–H and O–H groups in total. The van der Waals surface area contributed by atoms with Gasteiger partial charge >= 0.3 is 10.2 Å². The number of anilines is 1. The predicted octanol–water partition coefficient (Wildman–Crippen LogP) is 2.20. The molecule has 0 unspecified atom stereocenters. The van der Waals surface area contributed by atoms with Crippen molar-refractivity contribution in [3.05, 3.63) is 22.3 Å². The first-order valence-electron chi connectivity index (χ1n) is 5.04. The Morgan fingerprint density at radius 2 is 1.88 bits per heavy atom. The van der Waals surface area contributed by atoms with E-state index in [1.165, 1.54) is 0 Å². The number of rotatable bonds is 3.